The predicted octanol–water partition coefficient (Wildman–Crippen LogP) is 1.16. The van der Waals surface area contributed by atoms with Gasteiger partial charge in [0.2, 0.25) is 0 Å². The lowest BCUT2D eigenvalue weighted by Gasteiger charge is -2.03. The van der Waals surface area contributed by atoms with E-state index >= 15 is 0 Å². The van der Waals surface area contributed by atoms with Crippen molar-refractivity contribution in [1.29, 1.82) is 0 Å². The van der Waals surface area contributed by atoms with Gasteiger partial charge in [-0.25, -0.2) is 0 Å². The summed E-state index contributed by atoms with van der Waals surface area (Å²) in [6.45, 7) is 5.52. The van der Waals surface area contributed by atoms with E-state index in [0.717, 1.165) is 6.54 Å². The molecule has 0 spiro atoms. The zero-order valence-electron chi connectivity index (χ0n) is 7.25. The average molecular weight is 150 g/mol. The summed E-state index contributed by atoms with van der Waals surface area (Å²) in [6.07, 6.45) is 0. The van der Waals surface area contributed by atoms with Gasteiger partial charge >= 0.3 is 0 Å². The van der Waals surface area contributed by atoms with Gasteiger partial charge in [0.25, 0.3) is 0 Å². The Kier molecular flexibility index (Phi) is 3.12. The molecule has 0 aromatic heterocycles. The highest BCUT2D eigenvalue weighted by atomic mass is 14.9. The Hall–Kier alpha value is -0.820. The molecular formula is C10H16N+. The maximum Gasteiger partial charge on any atom is 0.101 e. The first kappa shape index (κ1) is 8.28. The molecule has 0 unspecified atom stereocenters. The number of nitrogens with two attached hydrogens (primary N) is 1. The highest BCUT2D eigenvalue weighted by Crippen LogP contribution is 1.94. The van der Waals surface area contributed by atoms with Crippen molar-refractivity contribution in [3.8, 4) is 0 Å². The Morgan fingerprint density at radius 3 is 2.36 bits per heavy atom. The largest absolute Gasteiger partial charge is 0.341 e. The highest BCUT2D eigenvalue weighted by molar-refractivity contribution is 5.12. The second-order valence-corrected chi connectivity index (χ2v) is 3.17. The van der Waals surface area contributed by atoms with E-state index in [0.29, 0.717) is 6.04 Å². The topological polar surface area (TPSA) is 16.6 Å². The number of hydrogen-bond acceptors (Lipinski definition) is 0. The highest BCUT2D eigenvalue weighted by Gasteiger charge is 1.95. The fraction of sp³-hybridized carbons (Fsp3) is 0.400. The molecule has 0 fully saturated rings. The first-order chi connectivity index (χ1) is 5.29. The van der Waals surface area contributed by atoms with Crippen LogP contribution in [0.5, 0.6) is 0 Å². The molecule has 0 aliphatic heterocycles. The molecule has 1 aromatic carbocycles. The predicted molar refractivity (Wildman–Crippen MR) is 47.2 cm³/mol. The van der Waals surface area contributed by atoms with Gasteiger partial charge in [0, 0.05) is 5.56 Å². The molecule has 0 aliphatic carbocycles. The van der Waals surface area contributed by atoms with Gasteiger partial charge in [-0.1, -0.05) is 30.3 Å². The minimum atomic E-state index is 0.690. The Balaban J connectivity index is 2.39. The third-order valence-electron chi connectivity index (χ3n) is 1.67. The van der Waals surface area contributed by atoms with Crippen LogP contribution in [0.15, 0.2) is 30.3 Å². The first-order valence-electron chi connectivity index (χ1n) is 4.16. The van der Waals surface area contributed by atoms with Crippen LogP contribution in [-0.2, 0) is 6.54 Å². The molecule has 0 saturated heterocycles. The molecule has 0 amide bonds. The second-order valence-electron chi connectivity index (χ2n) is 3.17. The van der Waals surface area contributed by atoms with Crippen molar-refractivity contribution in [2.24, 2.45) is 0 Å². The zero-order valence-corrected chi connectivity index (χ0v) is 7.25. The lowest BCUT2D eigenvalue weighted by molar-refractivity contribution is -0.698. The lowest BCUT2D eigenvalue weighted by Crippen LogP contribution is -2.86. The molecule has 2 N–H and O–H groups in total. The van der Waals surface area contributed by atoms with Crippen molar-refractivity contribution in [1.82, 2.24) is 0 Å². The molecule has 1 aromatic rings. The first-order valence-corrected chi connectivity index (χ1v) is 4.16. The minimum absolute atomic E-state index is 0.690. The molecule has 11 heavy (non-hydrogen) atoms. The fourth-order valence-electron chi connectivity index (χ4n) is 0.986. The van der Waals surface area contributed by atoms with Crippen molar-refractivity contribution in [2.45, 2.75) is 26.4 Å². The van der Waals surface area contributed by atoms with Crippen LogP contribution < -0.4 is 5.32 Å². The molecule has 0 heterocycles. The van der Waals surface area contributed by atoms with Crippen molar-refractivity contribution < 1.29 is 5.32 Å². The summed E-state index contributed by atoms with van der Waals surface area (Å²) in [5.41, 5.74) is 1.40. The fourth-order valence-corrected chi connectivity index (χ4v) is 0.986. The summed E-state index contributed by atoms with van der Waals surface area (Å²) in [6, 6.07) is 11.2. The summed E-state index contributed by atoms with van der Waals surface area (Å²) in [4.78, 5) is 0. The molecule has 0 aliphatic rings. The van der Waals surface area contributed by atoms with Gasteiger partial charge in [-0.15, -0.1) is 0 Å². The monoisotopic (exact) mass is 150 g/mol. The molecule has 0 radical (unpaired) electrons. The van der Waals surface area contributed by atoms with Crippen molar-refractivity contribution in [2.75, 3.05) is 0 Å². The number of benzene rings is 1. The normalized spacial score (nSPS) is 10.5. The summed E-state index contributed by atoms with van der Waals surface area (Å²) >= 11 is 0. The number of quaternary nitrogens is 1. The van der Waals surface area contributed by atoms with Crippen molar-refractivity contribution in [3.63, 3.8) is 0 Å². The summed E-state index contributed by atoms with van der Waals surface area (Å²) in [5.74, 6) is 0. The van der Waals surface area contributed by atoms with Gasteiger partial charge < -0.3 is 5.32 Å². The smallest absolute Gasteiger partial charge is 0.101 e. The van der Waals surface area contributed by atoms with E-state index in [-0.39, 0.29) is 0 Å². The van der Waals surface area contributed by atoms with Gasteiger partial charge in [-0.3, -0.25) is 0 Å². The van der Waals surface area contributed by atoms with Crippen molar-refractivity contribution >= 4 is 0 Å². The maximum atomic E-state index is 2.33. The quantitative estimate of drug-likeness (QED) is 0.666. The van der Waals surface area contributed by atoms with Gasteiger partial charge in [-0.05, 0) is 13.8 Å². The van der Waals surface area contributed by atoms with Crippen LogP contribution in [0.2, 0.25) is 0 Å². The van der Waals surface area contributed by atoms with Gasteiger partial charge in [0.05, 0.1) is 6.04 Å². The van der Waals surface area contributed by atoms with Gasteiger partial charge in [0.1, 0.15) is 6.54 Å². The molecule has 0 atom stereocenters. The third-order valence-corrected chi connectivity index (χ3v) is 1.67. The van der Waals surface area contributed by atoms with E-state index in [1.807, 2.05) is 0 Å². The van der Waals surface area contributed by atoms with E-state index < -0.39 is 0 Å². The Labute approximate surface area is 68.4 Å². The Bertz CT molecular complexity index is 191. The molecule has 60 valence electrons. The molecule has 0 saturated carbocycles. The van der Waals surface area contributed by atoms with E-state index in [4.69, 9.17) is 0 Å². The summed E-state index contributed by atoms with van der Waals surface area (Å²) in [7, 11) is 0. The lowest BCUT2D eigenvalue weighted by atomic mass is 10.2. The average Bonchev–Trinajstić information content (AvgIpc) is 2.03. The molecule has 1 heteroatoms. The molecular weight excluding hydrogens is 134 g/mol. The molecule has 1 nitrogen and oxygen atoms in total. The number of rotatable bonds is 3. The van der Waals surface area contributed by atoms with Crippen molar-refractivity contribution in [3.05, 3.63) is 35.9 Å². The van der Waals surface area contributed by atoms with Crippen LogP contribution in [-0.4, -0.2) is 6.04 Å². The van der Waals surface area contributed by atoms with E-state index in [1.54, 1.807) is 0 Å². The van der Waals surface area contributed by atoms with Gasteiger partial charge in [0.15, 0.2) is 0 Å². The maximum absolute atomic E-state index is 2.33. The Morgan fingerprint density at radius 1 is 1.18 bits per heavy atom. The molecule has 1 rings (SSSR count). The van der Waals surface area contributed by atoms with E-state index in [1.165, 1.54) is 5.56 Å². The minimum Gasteiger partial charge on any atom is -0.341 e. The van der Waals surface area contributed by atoms with Crippen LogP contribution in [0.4, 0.5) is 0 Å². The second kappa shape index (κ2) is 4.14. The standard InChI is InChI=1S/C10H15N/c1-9(2)11-8-10-6-4-3-5-7-10/h3-7,9,11H,8H2,1-2H3/p+1. The summed E-state index contributed by atoms with van der Waals surface area (Å²) in [5, 5.41) is 2.33. The third kappa shape index (κ3) is 3.19. The SMILES string of the molecule is CC(C)[NH2+]Cc1ccccc1. The van der Waals surface area contributed by atoms with Crippen LogP contribution in [0, 0.1) is 0 Å². The van der Waals surface area contributed by atoms with Crippen LogP contribution >= 0.6 is 0 Å². The van der Waals surface area contributed by atoms with Crippen LogP contribution in [0.25, 0.3) is 0 Å². The Morgan fingerprint density at radius 2 is 1.82 bits per heavy atom. The van der Waals surface area contributed by atoms with E-state index in [2.05, 4.69) is 49.5 Å². The zero-order chi connectivity index (χ0) is 8.10. The summed E-state index contributed by atoms with van der Waals surface area (Å²) < 4.78 is 0. The van der Waals surface area contributed by atoms with Crippen LogP contribution in [0.3, 0.4) is 0 Å². The van der Waals surface area contributed by atoms with Crippen LogP contribution in [0.1, 0.15) is 19.4 Å². The van der Waals surface area contributed by atoms with Gasteiger partial charge in [-0.2, -0.15) is 0 Å². The molecule has 0 bridgehead atoms. The van der Waals surface area contributed by atoms with E-state index in [9.17, 15) is 0 Å². The number of hydrogen-bond donors (Lipinski definition) is 1.